The van der Waals surface area contributed by atoms with Gasteiger partial charge in [-0.1, -0.05) is 57.9 Å². The van der Waals surface area contributed by atoms with Crippen molar-refractivity contribution in [2.45, 2.75) is 65.8 Å². The molecule has 0 atom stereocenters. The lowest BCUT2D eigenvalue weighted by Gasteiger charge is -2.28. The number of rotatable bonds is 8. The molecule has 2 aromatic carbocycles. The third-order valence-corrected chi connectivity index (χ3v) is 6.54. The summed E-state index contributed by atoms with van der Waals surface area (Å²) < 4.78 is 5.37. The molecule has 0 radical (unpaired) electrons. The first-order valence-corrected chi connectivity index (χ1v) is 11.9. The molecule has 0 heterocycles. The van der Waals surface area contributed by atoms with Gasteiger partial charge in [0.1, 0.15) is 0 Å². The van der Waals surface area contributed by atoms with E-state index >= 15 is 0 Å². The van der Waals surface area contributed by atoms with Gasteiger partial charge in [-0.3, -0.25) is 4.79 Å². The minimum atomic E-state index is -0.117. The van der Waals surface area contributed by atoms with Gasteiger partial charge in [0.2, 0.25) is 0 Å². The molecule has 4 nitrogen and oxygen atoms in total. The van der Waals surface area contributed by atoms with Crippen molar-refractivity contribution >= 4 is 11.5 Å². The summed E-state index contributed by atoms with van der Waals surface area (Å²) in [5.74, 6) is 0.582. The van der Waals surface area contributed by atoms with Crippen molar-refractivity contribution in [3.63, 3.8) is 0 Å². The Morgan fingerprint density at radius 3 is 2.39 bits per heavy atom. The second-order valence-corrected chi connectivity index (χ2v) is 9.36. The van der Waals surface area contributed by atoms with Crippen molar-refractivity contribution in [2.24, 2.45) is 5.92 Å². The van der Waals surface area contributed by atoms with Crippen molar-refractivity contribution < 1.29 is 14.6 Å². The Bertz CT molecular complexity index is 1060. The molecule has 2 aromatic rings. The summed E-state index contributed by atoms with van der Waals surface area (Å²) in [5.41, 5.74) is 6.33. The highest BCUT2D eigenvalue weighted by Crippen LogP contribution is 2.37. The van der Waals surface area contributed by atoms with Gasteiger partial charge in [0.15, 0.2) is 17.3 Å². The molecule has 3 rings (SSSR count). The molecular formula is C29H37NO3. The molecule has 1 fully saturated rings. The third kappa shape index (κ3) is 5.50. The molecule has 0 aliphatic heterocycles. The van der Waals surface area contributed by atoms with E-state index in [0.29, 0.717) is 17.4 Å². The van der Waals surface area contributed by atoms with Crippen LogP contribution in [0.25, 0.3) is 16.8 Å². The summed E-state index contributed by atoms with van der Waals surface area (Å²) in [6.07, 6.45) is 7.60. The molecule has 0 aromatic heterocycles. The number of benzene rings is 2. The highest BCUT2D eigenvalue weighted by Gasteiger charge is 2.23. The van der Waals surface area contributed by atoms with Gasteiger partial charge >= 0.3 is 0 Å². The second-order valence-electron chi connectivity index (χ2n) is 9.36. The number of allylic oxidation sites excluding steroid dienone is 2. The van der Waals surface area contributed by atoms with E-state index in [0.717, 1.165) is 46.4 Å². The zero-order chi connectivity index (χ0) is 24.1. The SMILES string of the molecule is C=C/C(C(=O)C(C)C)=C(/NC1CCCCC1)c1cc(-c2cc(C)c(O)c(OC)c2)ccc1C. The number of ether oxygens (including phenoxy) is 1. The Balaban J connectivity index is 2.17. The van der Waals surface area contributed by atoms with Gasteiger partial charge in [-0.2, -0.15) is 0 Å². The number of phenolic OH excluding ortho intramolecular Hbond substituents is 1. The topological polar surface area (TPSA) is 58.6 Å². The first-order chi connectivity index (χ1) is 15.8. The summed E-state index contributed by atoms with van der Waals surface area (Å²) in [4.78, 5) is 13.1. The largest absolute Gasteiger partial charge is 0.504 e. The predicted octanol–water partition coefficient (Wildman–Crippen LogP) is 6.73. The summed E-state index contributed by atoms with van der Waals surface area (Å²) in [6.45, 7) is 11.8. The first-order valence-electron chi connectivity index (χ1n) is 11.9. The quantitative estimate of drug-likeness (QED) is 0.348. The summed E-state index contributed by atoms with van der Waals surface area (Å²) >= 11 is 0. The van der Waals surface area contributed by atoms with E-state index in [9.17, 15) is 9.90 Å². The van der Waals surface area contributed by atoms with Gasteiger partial charge < -0.3 is 15.2 Å². The van der Waals surface area contributed by atoms with Crippen LogP contribution in [0.4, 0.5) is 0 Å². The lowest BCUT2D eigenvalue weighted by atomic mass is 9.90. The zero-order valence-corrected chi connectivity index (χ0v) is 20.6. The van der Waals surface area contributed by atoms with Gasteiger partial charge in [-0.25, -0.2) is 0 Å². The van der Waals surface area contributed by atoms with Crippen LogP contribution in [0.15, 0.2) is 48.6 Å². The highest BCUT2D eigenvalue weighted by atomic mass is 16.5. The Kier molecular flexibility index (Phi) is 8.01. The van der Waals surface area contributed by atoms with Crippen LogP contribution >= 0.6 is 0 Å². The van der Waals surface area contributed by atoms with Crippen molar-refractivity contribution in [1.82, 2.24) is 5.32 Å². The predicted molar refractivity (Wildman–Crippen MR) is 137 cm³/mol. The van der Waals surface area contributed by atoms with Crippen LogP contribution in [-0.4, -0.2) is 24.0 Å². The number of carbonyl (C=O) groups is 1. The fraction of sp³-hybridized carbons (Fsp3) is 0.414. The standard InChI is InChI=1S/C29H37NO3/c1-7-24(28(31)18(2)3)27(30-23-11-9-8-10-12-23)25-16-21(14-13-19(25)4)22-15-20(5)29(32)26(17-22)33-6/h7,13-18,23,30,32H,1,8-12H2,2-6H3/b27-24-. The van der Waals surface area contributed by atoms with Crippen molar-refractivity contribution in [2.75, 3.05) is 7.11 Å². The minimum Gasteiger partial charge on any atom is -0.504 e. The smallest absolute Gasteiger partial charge is 0.167 e. The van der Waals surface area contributed by atoms with E-state index in [4.69, 9.17) is 4.74 Å². The van der Waals surface area contributed by atoms with Crippen LogP contribution < -0.4 is 10.1 Å². The molecule has 0 amide bonds. The van der Waals surface area contributed by atoms with Crippen LogP contribution in [0.3, 0.4) is 0 Å². The van der Waals surface area contributed by atoms with E-state index in [1.165, 1.54) is 19.3 Å². The third-order valence-electron chi connectivity index (χ3n) is 6.54. The number of hydrogen-bond donors (Lipinski definition) is 2. The van der Waals surface area contributed by atoms with Crippen LogP contribution in [0.5, 0.6) is 11.5 Å². The Hall–Kier alpha value is -3.01. The van der Waals surface area contributed by atoms with Crippen LogP contribution in [-0.2, 0) is 4.79 Å². The number of aromatic hydroxyl groups is 1. The summed E-state index contributed by atoms with van der Waals surface area (Å²) in [6, 6.07) is 10.4. The number of methoxy groups -OCH3 is 1. The van der Waals surface area contributed by atoms with Crippen molar-refractivity contribution in [3.05, 3.63) is 65.3 Å². The maximum absolute atomic E-state index is 13.1. The number of phenols is 1. The van der Waals surface area contributed by atoms with Gasteiger partial charge in [0.05, 0.1) is 12.8 Å². The number of Topliss-reactive ketones (excluding diaryl/α,β-unsaturated/α-hetero) is 1. The maximum Gasteiger partial charge on any atom is 0.167 e. The number of aryl methyl sites for hydroxylation is 2. The average Bonchev–Trinajstić information content (AvgIpc) is 2.81. The van der Waals surface area contributed by atoms with E-state index in [2.05, 4.69) is 37.0 Å². The molecule has 0 spiro atoms. The molecular weight excluding hydrogens is 410 g/mol. The van der Waals surface area contributed by atoms with Gasteiger partial charge in [-0.15, -0.1) is 0 Å². The molecule has 2 N–H and O–H groups in total. The molecule has 33 heavy (non-hydrogen) atoms. The lowest BCUT2D eigenvalue weighted by Crippen LogP contribution is -2.31. The number of nitrogens with one attached hydrogen (secondary N) is 1. The summed E-state index contributed by atoms with van der Waals surface area (Å²) in [7, 11) is 1.56. The fourth-order valence-electron chi connectivity index (χ4n) is 4.53. The molecule has 1 saturated carbocycles. The minimum absolute atomic E-state index is 0.0928. The van der Waals surface area contributed by atoms with Gasteiger partial charge in [-0.05, 0) is 67.1 Å². The highest BCUT2D eigenvalue weighted by molar-refractivity contribution is 6.06. The molecule has 0 bridgehead atoms. The average molecular weight is 448 g/mol. The molecule has 176 valence electrons. The van der Waals surface area contributed by atoms with E-state index in [1.807, 2.05) is 32.9 Å². The molecule has 0 unspecified atom stereocenters. The maximum atomic E-state index is 13.1. The van der Waals surface area contributed by atoms with Crippen LogP contribution in [0.2, 0.25) is 0 Å². The second kappa shape index (κ2) is 10.7. The van der Waals surface area contributed by atoms with Crippen molar-refractivity contribution in [1.29, 1.82) is 0 Å². The monoisotopic (exact) mass is 447 g/mol. The van der Waals surface area contributed by atoms with Crippen LogP contribution in [0, 0.1) is 19.8 Å². The Morgan fingerprint density at radius 2 is 1.79 bits per heavy atom. The number of hydrogen-bond acceptors (Lipinski definition) is 4. The first kappa shape index (κ1) is 24.6. The molecule has 1 aliphatic carbocycles. The van der Waals surface area contributed by atoms with Crippen LogP contribution in [0.1, 0.15) is 62.6 Å². The van der Waals surface area contributed by atoms with E-state index in [1.54, 1.807) is 13.2 Å². The number of carbonyl (C=O) groups excluding carboxylic acids is 1. The fourth-order valence-corrected chi connectivity index (χ4v) is 4.53. The Labute approximate surface area is 198 Å². The Morgan fingerprint density at radius 1 is 1.09 bits per heavy atom. The van der Waals surface area contributed by atoms with E-state index < -0.39 is 0 Å². The summed E-state index contributed by atoms with van der Waals surface area (Å²) in [5, 5.41) is 14.0. The van der Waals surface area contributed by atoms with Gasteiger partial charge in [0, 0.05) is 23.1 Å². The number of ketones is 1. The molecule has 0 saturated heterocycles. The lowest BCUT2D eigenvalue weighted by molar-refractivity contribution is -0.117. The molecule has 1 aliphatic rings. The van der Waals surface area contributed by atoms with Crippen molar-refractivity contribution in [3.8, 4) is 22.6 Å². The zero-order valence-electron chi connectivity index (χ0n) is 20.6. The van der Waals surface area contributed by atoms with E-state index in [-0.39, 0.29) is 17.5 Å². The van der Waals surface area contributed by atoms with Gasteiger partial charge in [0.25, 0.3) is 0 Å². The molecule has 4 heteroatoms. The normalized spacial score (nSPS) is 15.2.